The lowest BCUT2D eigenvalue weighted by Gasteiger charge is -2.14. The highest BCUT2D eigenvalue weighted by atomic mass is 16.7. The van der Waals surface area contributed by atoms with Gasteiger partial charge >= 0.3 is 0 Å². The topological polar surface area (TPSA) is 85.6 Å². The molecule has 7 heteroatoms. The standard InChI is InChI=1S/C14H15N3O4/c1-8-5-13(21-17-8)16-14(18)9(2)15-10-3-4-11-12(6-10)20-7-19-11/h3-6,9,15H,7H2,1-2H3,(H,16,18). The highest BCUT2D eigenvalue weighted by molar-refractivity contribution is 5.95. The first-order chi connectivity index (χ1) is 10.1. The van der Waals surface area contributed by atoms with Crippen molar-refractivity contribution in [3.8, 4) is 11.5 Å². The Kier molecular flexibility index (Phi) is 3.39. The number of aromatic nitrogens is 1. The smallest absolute Gasteiger partial charge is 0.248 e. The zero-order valence-corrected chi connectivity index (χ0v) is 11.7. The number of benzene rings is 1. The third kappa shape index (κ3) is 2.91. The van der Waals surface area contributed by atoms with Crippen molar-refractivity contribution in [1.82, 2.24) is 5.16 Å². The summed E-state index contributed by atoms with van der Waals surface area (Å²) in [6, 6.07) is 6.64. The fourth-order valence-corrected chi connectivity index (χ4v) is 1.95. The minimum atomic E-state index is -0.448. The molecule has 0 saturated carbocycles. The van der Waals surface area contributed by atoms with Crippen LogP contribution in [0.4, 0.5) is 11.6 Å². The first-order valence-electron chi connectivity index (χ1n) is 6.52. The fourth-order valence-electron chi connectivity index (χ4n) is 1.95. The molecule has 1 atom stereocenters. The van der Waals surface area contributed by atoms with Crippen LogP contribution in [0.25, 0.3) is 0 Å². The molecule has 2 aromatic rings. The average molecular weight is 289 g/mol. The molecule has 0 fully saturated rings. The van der Waals surface area contributed by atoms with Crippen LogP contribution >= 0.6 is 0 Å². The Morgan fingerprint density at radius 1 is 1.29 bits per heavy atom. The summed E-state index contributed by atoms with van der Waals surface area (Å²) < 4.78 is 15.5. The van der Waals surface area contributed by atoms with Crippen LogP contribution < -0.4 is 20.1 Å². The van der Waals surface area contributed by atoms with E-state index in [1.54, 1.807) is 32.0 Å². The first kappa shape index (κ1) is 13.3. The molecular weight excluding hydrogens is 274 g/mol. The zero-order valence-electron chi connectivity index (χ0n) is 11.7. The van der Waals surface area contributed by atoms with Crippen molar-refractivity contribution in [3.63, 3.8) is 0 Å². The van der Waals surface area contributed by atoms with E-state index < -0.39 is 6.04 Å². The van der Waals surface area contributed by atoms with Crippen LogP contribution in [0.1, 0.15) is 12.6 Å². The van der Waals surface area contributed by atoms with Gasteiger partial charge in [-0.1, -0.05) is 5.16 Å². The SMILES string of the molecule is Cc1cc(NC(=O)C(C)Nc2ccc3c(c2)OCO3)on1. The molecule has 2 heterocycles. The monoisotopic (exact) mass is 289 g/mol. The summed E-state index contributed by atoms with van der Waals surface area (Å²) in [6.07, 6.45) is 0. The maximum Gasteiger partial charge on any atom is 0.248 e. The van der Waals surface area contributed by atoms with Gasteiger partial charge in [0.2, 0.25) is 18.6 Å². The van der Waals surface area contributed by atoms with Crippen LogP contribution in [0.3, 0.4) is 0 Å². The summed E-state index contributed by atoms with van der Waals surface area (Å²) >= 11 is 0. The Morgan fingerprint density at radius 3 is 2.86 bits per heavy atom. The van der Waals surface area contributed by atoms with Crippen molar-refractivity contribution in [2.45, 2.75) is 19.9 Å². The molecule has 1 aliphatic rings. The molecule has 1 aromatic heterocycles. The second kappa shape index (κ2) is 5.35. The van der Waals surface area contributed by atoms with Crippen molar-refractivity contribution in [1.29, 1.82) is 0 Å². The van der Waals surface area contributed by atoms with E-state index in [2.05, 4.69) is 15.8 Å². The Hall–Kier alpha value is -2.70. The number of rotatable bonds is 4. The van der Waals surface area contributed by atoms with E-state index in [1.165, 1.54) is 0 Å². The second-order valence-electron chi connectivity index (χ2n) is 4.76. The highest BCUT2D eigenvalue weighted by Crippen LogP contribution is 2.34. The molecule has 0 radical (unpaired) electrons. The van der Waals surface area contributed by atoms with Gasteiger partial charge in [-0.15, -0.1) is 0 Å². The largest absolute Gasteiger partial charge is 0.454 e. The van der Waals surface area contributed by atoms with E-state index in [4.69, 9.17) is 14.0 Å². The summed E-state index contributed by atoms with van der Waals surface area (Å²) in [7, 11) is 0. The van der Waals surface area contributed by atoms with Crippen molar-refractivity contribution in [3.05, 3.63) is 30.0 Å². The maximum absolute atomic E-state index is 12.0. The van der Waals surface area contributed by atoms with Crippen LogP contribution in [0.5, 0.6) is 11.5 Å². The number of ether oxygens (including phenoxy) is 2. The summed E-state index contributed by atoms with van der Waals surface area (Å²) in [4.78, 5) is 12.0. The van der Waals surface area contributed by atoms with Gasteiger partial charge < -0.3 is 19.3 Å². The number of anilines is 2. The molecule has 110 valence electrons. The van der Waals surface area contributed by atoms with Crippen molar-refractivity contribution in [2.24, 2.45) is 0 Å². The molecule has 0 saturated heterocycles. The van der Waals surface area contributed by atoms with E-state index in [0.717, 1.165) is 5.69 Å². The predicted octanol–water partition coefficient (Wildman–Crippen LogP) is 2.15. The minimum Gasteiger partial charge on any atom is -0.454 e. The molecule has 21 heavy (non-hydrogen) atoms. The van der Waals surface area contributed by atoms with Crippen LogP contribution in [-0.4, -0.2) is 23.9 Å². The average Bonchev–Trinajstić information content (AvgIpc) is 3.07. The third-order valence-electron chi connectivity index (χ3n) is 3.02. The van der Waals surface area contributed by atoms with Crippen molar-refractivity contribution >= 4 is 17.5 Å². The van der Waals surface area contributed by atoms with E-state index in [1.807, 2.05) is 6.07 Å². The normalized spacial score (nSPS) is 13.8. The van der Waals surface area contributed by atoms with E-state index in [-0.39, 0.29) is 12.7 Å². The Bertz CT molecular complexity index is 668. The van der Waals surface area contributed by atoms with Gasteiger partial charge in [0.25, 0.3) is 0 Å². The van der Waals surface area contributed by atoms with E-state index in [0.29, 0.717) is 23.1 Å². The third-order valence-corrected chi connectivity index (χ3v) is 3.02. The van der Waals surface area contributed by atoms with Gasteiger partial charge in [0.1, 0.15) is 6.04 Å². The van der Waals surface area contributed by atoms with Gasteiger partial charge in [0, 0.05) is 17.8 Å². The number of aryl methyl sites for hydroxylation is 1. The predicted molar refractivity (Wildman–Crippen MR) is 75.5 cm³/mol. The molecule has 7 nitrogen and oxygen atoms in total. The Balaban J connectivity index is 1.62. The number of carbonyl (C=O) groups excluding carboxylic acids is 1. The van der Waals surface area contributed by atoms with Crippen LogP contribution in [-0.2, 0) is 4.79 Å². The highest BCUT2D eigenvalue weighted by Gasteiger charge is 2.17. The summed E-state index contributed by atoms with van der Waals surface area (Å²) in [5.74, 6) is 1.48. The van der Waals surface area contributed by atoms with Crippen LogP contribution in [0.2, 0.25) is 0 Å². The van der Waals surface area contributed by atoms with Crippen LogP contribution in [0.15, 0.2) is 28.8 Å². The van der Waals surface area contributed by atoms with Gasteiger partial charge in [-0.25, -0.2) is 0 Å². The summed E-state index contributed by atoms with van der Waals surface area (Å²) in [5.41, 5.74) is 1.48. The van der Waals surface area contributed by atoms with Gasteiger partial charge in [0.05, 0.1) is 5.69 Å². The zero-order chi connectivity index (χ0) is 14.8. The molecular formula is C14H15N3O4. The molecule has 0 bridgehead atoms. The molecule has 0 aliphatic carbocycles. The first-order valence-corrected chi connectivity index (χ1v) is 6.52. The van der Waals surface area contributed by atoms with Crippen LogP contribution in [0, 0.1) is 6.92 Å². The molecule has 3 rings (SSSR count). The van der Waals surface area contributed by atoms with E-state index >= 15 is 0 Å². The van der Waals surface area contributed by atoms with Gasteiger partial charge in [-0.3, -0.25) is 10.1 Å². The lowest BCUT2D eigenvalue weighted by Crippen LogP contribution is -2.31. The lowest BCUT2D eigenvalue weighted by atomic mass is 10.2. The van der Waals surface area contributed by atoms with Gasteiger partial charge in [-0.2, -0.15) is 0 Å². The maximum atomic E-state index is 12.0. The Morgan fingerprint density at radius 2 is 2.10 bits per heavy atom. The van der Waals surface area contributed by atoms with Gasteiger partial charge in [-0.05, 0) is 26.0 Å². The number of amides is 1. The second-order valence-corrected chi connectivity index (χ2v) is 4.76. The molecule has 0 spiro atoms. The molecule has 1 aliphatic heterocycles. The van der Waals surface area contributed by atoms with Crippen molar-refractivity contribution < 1.29 is 18.8 Å². The summed E-state index contributed by atoms with van der Waals surface area (Å²) in [6.45, 7) is 3.76. The van der Waals surface area contributed by atoms with E-state index in [9.17, 15) is 4.79 Å². The number of hydrogen-bond donors (Lipinski definition) is 2. The molecule has 1 unspecified atom stereocenters. The van der Waals surface area contributed by atoms with Crippen molar-refractivity contribution in [2.75, 3.05) is 17.4 Å². The van der Waals surface area contributed by atoms with Gasteiger partial charge in [0.15, 0.2) is 11.5 Å². The number of carbonyl (C=O) groups is 1. The number of nitrogens with one attached hydrogen (secondary N) is 2. The molecule has 2 N–H and O–H groups in total. The fraction of sp³-hybridized carbons (Fsp3) is 0.286. The molecule has 1 aromatic carbocycles. The number of hydrogen-bond acceptors (Lipinski definition) is 6. The lowest BCUT2D eigenvalue weighted by molar-refractivity contribution is -0.116. The Labute approximate surface area is 121 Å². The quantitative estimate of drug-likeness (QED) is 0.897. The number of nitrogens with zero attached hydrogens (tertiary/aromatic N) is 1. The number of fused-ring (bicyclic) bond motifs is 1. The summed E-state index contributed by atoms with van der Waals surface area (Å²) in [5, 5.41) is 9.45. The minimum absolute atomic E-state index is 0.219. The molecule has 1 amide bonds.